The largest absolute Gasteiger partial charge is 0.509 e. The van der Waals surface area contributed by atoms with Gasteiger partial charge < -0.3 is 28.6 Å². The fourth-order valence-electron chi connectivity index (χ4n) is 9.51. The molecule has 9 aromatic rings. The predicted molar refractivity (Wildman–Crippen MR) is 261 cm³/mol. The van der Waals surface area contributed by atoms with E-state index in [1.807, 2.05) is 36.5 Å². The van der Waals surface area contributed by atoms with Gasteiger partial charge in [0.1, 0.15) is 22.9 Å². The van der Waals surface area contributed by atoms with E-state index >= 15 is 0 Å². The molecule has 13 rings (SSSR count). The number of nitrogens with zero attached hydrogens (tertiary/aromatic N) is 5. The van der Waals surface area contributed by atoms with E-state index in [-0.39, 0.29) is 31.9 Å². The van der Waals surface area contributed by atoms with Crippen LogP contribution >= 0.6 is 11.8 Å². The van der Waals surface area contributed by atoms with Crippen molar-refractivity contribution in [1.82, 2.24) is 9.55 Å². The zero-order chi connectivity index (χ0) is 43.9. The molecular formula is C56H42N5O3PtS-3. The molecule has 328 valence electrons. The maximum atomic E-state index is 6.71. The van der Waals surface area contributed by atoms with Crippen LogP contribution in [0.15, 0.2) is 149 Å². The summed E-state index contributed by atoms with van der Waals surface area (Å²) in [6.45, 7) is 15.5. The Labute approximate surface area is 402 Å². The minimum Gasteiger partial charge on any atom is -0.509 e. The maximum Gasteiger partial charge on any atom is 0.157 e. The van der Waals surface area contributed by atoms with Gasteiger partial charge in [-0.2, -0.15) is 12.1 Å². The van der Waals surface area contributed by atoms with Crippen molar-refractivity contribution in [3.63, 3.8) is 0 Å². The summed E-state index contributed by atoms with van der Waals surface area (Å²) in [6.07, 6.45) is 1.91. The van der Waals surface area contributed by atoms with Crippen molar-refractivity contribution >= 4 is 73.4 Å². The fourth-order valence-corrected chi connectivity index (χ4v) is 10.6. The van der Waals surface area contributed by atoms with Crippen molar-refractivity contribution in [1.29, 1.82) is 0 Å². The molecule has 4 aliphatic heterocycles. The SMILES string of the molecule is CC(C)(C)c1ccnc(-n2c3[c-]c(Oc4[c-]c(N5[CH-]N(c6cc7c8c(c6)Oc6cccc9c6N8c6c(cccc6S9)O7)c6ccccc65)ccc4)ccc3c3cc(C(C)(C)C)ccc32)c1.[Pt]. The summed E-state index contributed by atoms with van der Waals surface area (Å²) in [7, 11) is 0. The number of pyridine rings is 1. The van der Waals surface area contributed by atoms with E-state index in [0.29, 0.717) is 11.5 Å². The molecule has 0 radical (unpaired) electrons. The van der Waals surface area contributed by atoms with Crippen LogP contribution in [0.2, 0.25) is 0 Å². The van der Waals surface area contributed by atoms with Gasteiger partial charge in [0.2, 0.25) is 0 Å². The van der Waals surface area contributed by atoms with Crippen LogP contribution < -0.4 is 28.9 Å². The summed E-state index contributed by atoms with van der Waals surface area (Å²) in [5.74, 6) is 5.13. The maximum absolute atomic E-state index is 6.71. The molecule has 4 aliphatic rings. The molecule has 0 fully saturated rings. The Balaban J connectivity index is 0.00000456. The third kappa shape index (κ3) is 6.27. The molecule has 0 amide bonds. The normalized spacial score (nSPS) is 14.1. The Hall–Kier alpha value is -6.67. The fraction of sp³-hybridized carbons (Fsp3) is 0.143. The molecule has 66 heavy (non-hydrogen) atoms. The second-order valence-corrected chi connectivity index (χ2v) is 20.1. The Morgan fingerprint density at radius 1 is 0.591 bits per heavy atom. The van der Waals surface area contributed by atoms with Gasteiger partial charge in [-0.25, -0.2) is 4.98 Å². The number of hydrogen-bond donors (Lipinski definition) is 0. The Bertz CT molecular complexity index is 3420. The van der Waals surface area contributed by atoms with Gasteiger partial charge in [-0.1, -0.05) is 95.2 Å². The van der Waals surface area contributed by atoms with Gasteiger partial charge in [0.25, 0.3) is 0 Å². The second-order valence-electron chi connectivity index (χ2n) is 19.0. The van der Waals surface area contributed by atoms with Crippen LogP contribution in [0.5, 0.6) is 34.5 Å². The number of para-hydroxylation sites is 4. The molecule has 8 nitrogen and oxygen atoms in total. The topological polar surface area (TPSA) is 55.2 Å². The molecule has 10 heteroatoms. The summed E-state index contributed by atoms with van der Waals surface area (Å²) >= 11 is 1.75. The molecule has 6 heterocycles. The number of fused-ring (bicyclic) bond motifs is 4. The number of hydrogen-bond acceptors (Lipinski definition) is 8. The summed E-state index contributed by atoms with van der Waals surface area (Å²) in [5.41, 5.74) is 11.2. The summed E-state index contributed by atoms with van der Waals surface area (Å²) in [5, 5.41) is 2.25. The van der Waals surface area contributed by atoms with Crippen LogP contribution in [-0.2, 0) is 31.9 Å². The zero-order valence-corrected chi connectivity index (χ0v) is 40.1. The van der Waals surface area contributed by atoms with Crippen molar-refractivity contribution < 1.29 is 35.3 Å². The second kappa shape index (κ2) is 14.7. The van der Waals surface area contributed by atoms with Gasteiger partial charge in [0, 0.05) is 83.3 Å². The molecule has 0 unspecified atom stereocenters. The molecule has 0 saturated carbocycles. The van der Waals surface area contributed by atoms with Crippen molar-refractivity contribution in [2.24, 2.45) is 0 Å². The van der Waals surface area contributed by atoms with E-state index in [1.165, 1.54) is 11.1 Å². The molecular weight excluding hydrogens is 1020 g/mol. The zero-order valence-electron chi connectivity index (χ0n) is 37.0. The van der Waals surface area contributed by atoms with Gasteiger partial charge in [-0.15, -0.1) is 48.1 Å². The average Bonchev–Trinajstić information content (AvgIpc) is 3.84. The van der Waals surface area contributed by atoms with Gasteiger partial charge in [-0.05, 0) is 81.9 Å². The first kappa shape index (κ1) is 40.8. The van der Waals surface area contributed by atoms with Crippen molar-refractivity contribution in [3.05, 3.63) is 170 Å². The number of aromatic nitrogens is 2. The molecule has 0 saturated heterocycles. The van der Waals surface area contributed by atoms with Gasteiger partial charge in [0.15, 0.2) is 23.0 Å². The minimum atomic E-state index is -0.0413. The number of benzene rings is 7. The van der Waals surface area contributed by atoms with Gasteiger partial charge in [0.05, 0.1) is 0 Å². The Morgan fingerprint density at radius 3 is 1.94 bits per heavy atom. The first-order valence-corrected chi connectivity index (χ1v) is 22.7. The summed E-state index contributed by atoms with van der Waals surface area (Å²) in [4.78, 5) is 13.9. The standard InChI is InChI=1S/C56H42N5O3S.Pt/c1-55(2,3)33-20-23-41-40(26-33)39-22-21-38(31-44(39)60(41)51-27-34(24-25-57-51)56(4,5)6)62-37-13-9-12-35(28-37)58-32-59(43-15-8-7-14-42(43)58)36-29-47-52-48(30-36)64-46-17-11-19-50-54(46)61(52)53-45(63-47)16-10-18-49(53)65-50;/h7-27,29-30,32H,1-6H3;/q-3;. The Morgan fingerprint density at radius 2 is 1.24 bits per heavy atom. The van der Waals surface area contributed by atoms with Crippen LogP contribution in [-0.4, -0.2) is 9.55 Å². The summed E-state index contributed by atoms with van der Waals surface area (Å²) in [6, 6.07) is 53.6. The van der Waals surface area contributed by atoms with E-state index in [1.54, 1.807) is 11.8 Å². The molecule has 0 bridgehead atoms. The smallest absolute Gasteiger partial charge is 0.157 e. The van der Waals surface area contributed by atoms with E-state index in [4.69, 9.17) is 19.2 Å². The Kier molecular flexibility index (Phi) is 9.07. The molecule has 0 atom stereocenters. The number of ether oxygens (including phenoxy) is 3. The molecule has 0 aliphatic carbocycles. The molecule has 0 N–H and O–H groups in total. The van der Waals surface area contributed by atoms with E-state index in [0.717, 1.165) is 100 Å². The third-order valence-corrected chi connectivity index (χ3v) is 13.9. The quantitative estimate of drug-likeness (QED) is 0.158. The van der Waals surface area contributed by atoms with Crippen molar-refractivity contribution in [2.75, 3.05) is 14.7 Å². The first-order chi connectivity index (χ1) is 31.4. The third-order valence-electron chi connectivity index (χ3n) is 12.8. The van der Waals surface area contributed by atoms with Crippen LogP contribution in [0.4, 0.5) is 39.8 Å². The van der Waals surface area contributed by atoms with E-state index in [9.17, 15) is 0 Å². The van der Waals surface area contributed by atoms with Crippen LogP contribution in [0.3, 0.4) is 0 Å². The average molecular weight is 1060 g/mol. The van der Waals surface area contributed by atoms with Crippen molar-refractivity contribution in [3.8, 4) is 40.3 Å². The van der Waals surface area contributed by atoms with E-state index < -0.39 is 0 Å². The number of anilines is 7. The van der Waals surface area contributed by atoms with Gasteiger partial charge in [-0.3, -0.25) is 4.90 Å². The molecule has 2 aromatic heterocycles. The van der Waals surface area contributed by atoms with Gasteiger partial charge >= 0.3 is 0 Å². The van der Waals surface area contributed by atoms with Crippen LogP contribution in [0.1, 0.15) is 52.7 Å². The minimum absolute atomic E-state index is 0. The number of rotatable bonds is 5. The van der Waals surface area contributed by atoms with Crippen LogP contribution in [0, 0.1) is 18.8 Å². The monoisotopic (exact) mass is 1060 g/mol. The first-order valence-electron chi connectivity index (χ1n) is 21.9. The van der Waals surface area contributed by atoms with E-state index in [2.05, 4.69) is 183 Å². The molecule has 0 spiro atoms. The van der Waals surface area contributed by atoms with Crippen molar-refractivity contribution in [2.45, 2.75) is 62.2 Å². The molecule has 7 aromatic carbocycles. The van der Waals surface area contributed by atoms with Crippen LogP contribution in [0.25, 0.3) is 27.6 Å². The predicted octanol–water partition coefficient (Wildman–Crippen LogP) is 15.7. The summed E-state index contributed by atoms with van der Waals surface area (Å²) < 4.78 is 22.3.